The molecule has 0 bridgehead atoms. The largest absolute Gasteiger partial charge is 0.540 e. The lowest BCUT2D eigenvalue weighted by molar-refractivity contribution is 0.183. The fourth-order valence-corrected chi connectivity index (χ4v) is 2.59. The van der Waals surface area contributed by atoms with Crippen LogP contribution in [0, 0.1) is 0 Å². The van der Waals surface area contributed by atoms with Crippen LogP contribution in [0.1, 0.15) is 19.4 Å². The van der Waals surface area contributed by atoms with Crippen LogP contribution >= 0.6 is 0 Å². The quantitative estimate of drug-likeness (QED) is 0.675. The topological polar surface area (TPSA) is 18.5 Å². The van der Waals surface area contributed by atoms with Gasteiger partial charge in [-0.25, -0.2) is 0 Å². The van der Waals surface area contributed by atoms with E-state index in [1.165, 1.54) is 0 Å². The van der Waals surface area contributed by atoms with Crippen molar-refractivity contribution >= 4 is 15.1 Å². The number of hydrogen-bond donors (Lipinski definition) is 0. The summed E-state index contributed by atoms with van der Waals surface area (Å²) >= 11 is 0. The Labute approximate surface area is 99.6 Å². The number of ether oxygens (including phenoxy) is 1. The van der Waals surface area contributed by atoms with Crippen LogP contribution in [-0.2, 0) is 4.74 Å². The van der Waals surface area contributed by atoms with Gasteiger partial charge in [0.2, 0.25) is 0 Å². The third-order valence-electron chi connectivity index (χ3n) is 2.22. The first-order valence-corrected chi connectivity index (χ1v) is 7.45. The predicted octanol–water partition coefficient (Wildman–Crippen LogP) is 3.30. The Morgan fingerprint density at radius 1 is 1.38 bits per heavy atom. The van der Waals surface area contributed by atoms with Crippen molar-refractivity contribution < 1.29 is 9.16 Å². The molecule has 0 fully saturated rings. The van der Waals surface area contributed by atoms with Gasteiger partial charge in [-0.15, -0.1) is 0 Å². The number of benzene rings is 1. The first kappa shape index (κ1) is 13.0. The lowest BCUT2D eigenvalue weighted by Crippen LogP contribution is -2.27. The molecule has 0 atom stereocenters. The Morgan fingerprint density at radius 2 is 2.19 bits per heavy atom. The van der Waals surface area contributed by atoms with Crippen molar-refractivity contribution in [2.45, 2.75) is 19.9 Å². The highest BCUT2D eigenvalue weighted by Crippen LogP contribution is 2.15. The highest BCUT2D eigenvalue weighted by molar-refractivity contribution is 6.52. The van der Waals surface area contributed by atoms with E-state index in [-0.39, 0.29) is 0 Å². The van der Waals surface area contributed by atoms with Crippen molar-refractivity contribution in [3.8, 4) is 5.75 Å². The molecule has 0 aliphatic heterocycles. The Hall–Kier alpha value is -1.06. The van der Waals surface area contributed by atoms with Crippen molar-refractivity contribution in [3.05, 3.63) is 36.4 Å². The van der Waals surface area contributed by atoms with Crippen LogP contribution in [-0.4, -0.2) is 21.9 Å². The highest BCUT2D eigenvalue weighted by atomic mass is 28.3. The Morgan fingerprint density at radius 3 is 2.81 bits per heavy atom. The molecule has 3 heteroatoms. The number of hydrogen-bond acceptors (Lipinski definition) is 2. The van der Waals surface area contributed by atoms with Crippen LogP contribution in [0.15, 0.2) is 30.8 Å². The molecule has 1 rings (SSSR count). The summed E-state index contributed by atoms with van der Waals surface area (Å²) in [6.07, 6.45) is 2.57. The highest BCUT2D eigenvalue weighted by Gasteiger charge is 2.12. The summed E-state index contributed by atoms with van der Waals surface area (Å²) in [5.74, 6) is 0.924. The standard InChI is InChI=1S/C13H19O2Si/c1-4-12-8-7-9-13(10-12)15-16(6-3)11-14-5-2/h4,7-10H,1,5-6,11H2,2-3H3. The molecule has 0 aliphatic carbocycles. The monoisotopic (exact) mass is 235 g/mol. The zero-order valence-corrected chi connectivity index (χ0v) is 11.0. The zero-order valence-electron chi connectivity index (χ0n) is 10.0. The van der Waals surface area contributed by atoms with Gasteiger partial charge in [0.15, 0.2) is 0 Å². The van der Waals surface area contributed by atoms with Gasteiger partial charge in [-0.1, -0.05) is 31.7 Å². The molecular weight excluding hydrogens is 216 g/mol. The molecule has 1 radical (unpaired) electrons. The lowest BCUT2D eigenvalue weighted by atomic mass is 10.2. The molecule has 0 saturated heterocycles. The number of rotatable bonds is 7. The Balaban J connectivity index is 2.58. The first-order chi connectivity index (χ1) is 7.80. The Kier molecular flexibility index (Phi) is 5.89. The third-order valence-corrected chi connectivity index (χ3v) is 4.06. The van der Waals surface area contributed by atoms with Crippen molar-refractivity contribution in [1.82, 2.24) is 0 Å². The van der Waals surface area contributed by atoms with Gasteiger partial charge in [0.25, 0.3) is 0 Å². The van der Waals surface area contributed by atoms with Gasteiger partial charge >= 0.3 is 9.04 Å². The van der Waals surface area contributed by atoms with E-state index >= 15 is 0 Å². The van der Waals surface area contributed by atoms with Gasteiger partial charge in [0, 0.05) is 6.61 Å². The van der Waals surface area contributed by atoms with Gasteiger partial charge in [-0.2, -0.15) is 0 Å². The van der Waals surface area contributed by atoms with E-state index in [4.69, 9.17) is 9.16 Å². The fraction of sp³-hybridized carbons (Fsp3) is 0.385. The van der Waals surface area contributed by atoms with Crippen molar-refractivity contribution in [2.24, 2.45) is 0 Å². The van der Waals surface area contributed by atoms with Gasteiger partial charge in [-0.05, 0) is 30.7 Å². The molecule has 0 heterocycles. The maximum Gasteiger partial charge on any atom is 0.307 e. The maximum absolute atomic E-state index is 5.94. The maximum atomic E-state index is 5.94. The molecule has 0 aliphatic rings. The lowest BCUT2D eigenvalue weighted by Gasteiger charge is -2.15. The zero-order chi connectivity index (χ0) is 11.8. The van der Waals surface area contributed by atoms with E-state index in [0.29, 0.717) is 0 Å². The molecule has 0 N–H and O–H groups in total. The van der Waals surface area contributed by atoms with Gasteiger partial charge in [0.1, 0.15) is 5.75 Å². The van der Waals surface area contributed by atoms with Gasteiger partial charge in [-0.3, -0.25) is 0 Å². The average molecular weight is 235 g/mol. The Bertz CT molecular complexity index is 325. The third kappa shape index (κ3) is 4.21. The minimum absolute atomic E-state index is 0.746. The summed E-state index contributed by atoms with van der Waals surface area (Å²) in [7, 11) is -0.880. The smallest absolute Gasteiger partial charge is 0.307 e. The van der Waals surface area contributed by atoms with E-state index in [9.17, 15) is 0 Å². The minimum atomic E-state index is -0.880. The van der Waals surface area contributed by atoms with Crippen LogP contribution in [0.5, 0.6) is 5.75 Å². The molecular formula is C13H19O2Si. The molecule has 0 spiro atoms. The van der Waals surface area contributed by atoms with Crippen molar-refractivity contribution in [3.63, 3.8) is 0 Å². The summed E-state index contributed by atoms with van der Waals surface area (Å²) in [6, 6.07) is 9.05. The molecule has 0 saturated carbocycles. The second-order valence-electron chi connectivity index (χ2n) is 3.41. The normalized spacial score (nSPS) is 10.4. The predicted molar refractivity (Wildman–Crippen MR) is 69.9 cm³/mol. The first-order valence-electron chi connectivity index (χ1n) is 5.63. The second kappa shape index (κ2) is 7.25. The molecule has 0 unspecified atom stereocenters. The van der Waals surface area contributed by atoms with Crippen LogP contribution in [0.3, 0.4) is 0 Å². The molecule has 1 aromatic carbocycles. The van der Waals surface area contributed by atoms with E-state index in [2.05, 4.69) is 13.5 Å². The van der Waals surface area contributed by atoms with E-state index < -0.39 is 9.04 Å². The van der Waals surface area contributed by atoms with E-state index in [1.54, 1.807) is 0 Å². The van der Waals surface area contributed by atoms with E-state index in [0.717, 1.165) is 30.2 Å². The molecule has 0 aromatic heterocycles. The molecule has 16 heavy (non-hydrogen) atoms. The summed E-state index contributed by atoms with van der Waals surface area (Å²) in [5.41, 5.74) is 1.09. The van der Waals surface area contributed by atoms with Crippen LogP contribution in [0.2, 0.25) is 6.04 Å². The second-order valence-corrected chi connectivity index (χ2v) is 5.69. The molecule has 2 nitrogen and oxygen atoms in total. The minimum Gasteiger partial charge on any atom is -0.540 e. The summed E-state index contributed by atoms with van der Waals surface area (Å²) in [5, 5.41) is 0. The average Bonchev–Trinajstić information content (AvgIpc) is 2.34. The van der Waals surface area contributed by atoms with Crippen molar-refractivity contribution in [1.29, 1.82) is 0 Å². The van der Waals surface area contributed by atoms with Gasteiger partial charge < -0.3 is 9.16 Å². The fourth-order valence-electron chi connectivity index (χ4n) is 1.29. The van der Waals surface area contributed by atoms with Crippen molar-refractivity contribution in [2.75, 3.05) is 12.8 Å². The van der Waals surface area contributed by atoms with Crippen LogP contribution in [0.25, 0.3) is 6.08 Å². The van der Waals surface area contributed by atoms with E-state index in [1.807, 2.05) is 37.3 Å². The van der Waals surface area contributed by atoms with Gasteiger partial charge in [0.05, 0.1) is 6.23 Å². The summed E-state index contributed by atoms with van der Waals surface area (Å²) in [4.78, 5) is 0. The molecule has 0 amide bonds. The summed E-state index contributed by atoms with van der Waals surface area (Å²) in [6.45, 7) is 8.65. The molecule has 87 valence electrons. The molecule has 1 aromatic rings. The van der Waals surface area contributed by atoms with Crippen LogP contribution < -0.4 is 4.43 Å². The summed E-state index contributed by atoms with van der Waals surface area (Å²) < 4.78 is 11.4. The SMILES string of the molecule is C=Cc1cccc(O[Si](CC)COCC)c1. The van der Waals surface area contributed by atoms with Crippen LogP contribution in [0.4, 0.5) is 0 Å².